The second kappa shape index (κ2) is 5.67. The molecule has 0 amide bonds. The summed E-state index contributed by atoms with van der Waals surface area (Å²) < 4.78 is 12.6. The zero-order chi connectivity index (χ0) is 16.7. The van der Waals surface area contributed by atoms with Crippen LogP contribution in [-0.4, -0.2) is 40.5 Å². The first kappa shape index (κ1) is 14.7. The van der Waals surface area contributed by atoms with Crippen LogP contribution in [0.1, 0.15) is 11.1 Å². The van der Waals surface area contributed by atoms with E-state index in [1.54, 1.807) is 25.2 Å². The van der Waals surface area contributed by atoms with Crippen molar-refractivity contribution in [3.05, 3.63) is 35.8 Å². The van der Waals surface area contributed by atoms with Gasteiger partial charge >= 0.3 is 0 Å². The highest BCUT2D eigenvalue weighted by molar-refractivity contribution is 5.86. The summed E-state index contributed by atoms with van der Waals surface area (Å²) in [7, 11) is 5.22. The topological polar surface area (TPSA) is 65.3 Å². The first-order valence-electron chi connectivity index (χ1n) is 7.82. The Morgan fingerprint density at radius 3 is 2.54 bits per heavy atom. The van der Waals surface area contributed by atoms with Gasteiger partial charge in [-0.25, -0.2) is 9.97 Å². The van der Waals surface area contributed by atoms with E-state index in [0.717, 1.165) is 47.9 Å². The molecule has 3 aromatic rings. The quantitative estimate of drug-likeness (QED) is 0.733. The summed E-state index contributed by atoms with van der Waals surface area (Å²) in [6.07, 6.45) is 4.36. The van der Waals surface area contributed by atoms with E-state index in [9.17, 15) is 0 Å². The number of hydrogen-bond donors (Lipinski definition) is 0. The largest absolute Gasteiger partial charge is 0.493 e. The van der Waals surface area contributed by atoms with Crippen LogP contribution in [0.5, 0.6) is 11.5 Å². The van der Waals surface area contributed by atoms with Crippen LogP contribution in [0.3, 0.4) is 0 Å². The number of fused-ring (bicyclic) bond motifs is 2. The number of benzene rings is 1. The van der Waals surface area contributed by atoms with Crippen LogP contribution in [0, 0.1) is 0 Å². The van der Waals surface area contributed by atoms with Crippen molar-refractivity contribution in [3.8, 4) is 11.5 Å². The molecule has 0 fully saturated rings. The van der Waals surface area contributed by atoms with Crippen molar-refractivity contribution in [1.29, 1.82) is 0 Å². The molecular weight excluding hydrogens is 306 g/mol. The fourth-order valence-electron chi connectivity index (χ4n) is 3.27. The van der Waals surface area contributed by atoms with Crippen LogP contribution in [0.2, 0.25) is 0 Å². The molecule has 1 aliphatic rings. The molecule has 0 aliphatic carbocycles. The Labute approximate surface area is 139 Å². The standard InChI is InChI=1S/C17H19N5O2/c1-21-16-13(8-20-21)17(19-10-18-16)22-5-4-11-6-14(23-2)15(24-3)7-12(11)9-22/h6-8,10H,4-5,9H2,1-3H3. The summed E-state index contributed by atoms with van der Waals surface area (Å²) >= 11 is 0. The van der Waals surface area contributed by atoms with Crippen molar-refractivity contribution < 1.29 is 9.47 Å². The summed E-state index contributed by atoms with van der Waals surface area (Å²) in [5.41, 5.74) is 3.37. The average molecular weight is 325 g/mol. The van der Waals surface area contributed by atoms with Crippen molar-refractivity contribution in [2.24, 2.45) is 7.05 Å². The van der Waals surface area contributed by atoms with Gasteiger partial charge in [0.1, 0.15) is 12.1 Å². The molecule has 24 heavy (non-hydrogen) atoms. The number of nitrogens with zero attached hydrogens (tertiary/aromatic N) is 5. The zero-order valence-electron chi connectivity index (χ0n) is 14.0. The van der Waals surface area contributed by atoms with Gasteiger partial charge in [0.25, 0.3) is 0 Å². The van der Waals surface area contributed by atoms with Crippen LogP contribution >= 0.6 is 0 Å². The van der Waals surface area contributed by atoms with E-state index in [2.05, 4.69) is 32.1 Å². The normalized spacial score (nSPS) is 13.9. The Kier molecular flexibility index (Phi) is 3.48. The van der Waals surface area contributed by atoms with Crippen molar-refractivity contribution in [2.45, 2.75) is 13.0 Å². The second-order valence-corrected chi connectivity index (χ2v) is 5.85. The third kappa shape index (κ3) is 2.24. The summed E-state index contributed by atoms with van der Waals surface area (Å²) in [5.74, 6) is 2.46. The maximum absolute atomic E-state index is 5.43. The van der Waals surface area contributed by atoms with Crippen LogP contribution < -0.4 is 14.4 Å². The molecule has 1 aromatic carbocycles. The molecule has 2 aromatic heterocycles. The van der Waals surface area contributed by atoms with E-state index in [-0.39, 0.29) is 0 Å². The number of anilines is 1. The lowest BCUT2D eigenvalue weighted by atomic mass is 9.98. The number of aryl methyl sites for hydroxylation is 1. The van der Waals surface area contributed by atoms with Crippen LogP contribution in [0.4, 0.5) is 5.82 Å². The number of rotatable bonds is 3. The maximum atomic E-state index is 5.43. The Morgan fingerprint density at radius 2 is 1.79 bits per heavy atom. The van der Waals surface area contributed by atoms with Gasteiger partial charge in [0.05, 0.1) is 25.8 Å². The lowest BCUT2D eigenvalue weighted by molar-refractivity contribution is 0.353. The highest BCUT2D eigenvalue weighted by Crippen LogP contribution is 2.35. The molecular formula is C17H19N5O2. The Hall–Kier alpha value is -2.83. The van der Waals surface area contributed by atoms with E-state index >= 15 is 0 Å². The molecule has 0 spiro atoms. The minimum Gasteiger partial charge on any atom is -0.493 e. The molecule has 0 saturated heterocycles. The minimum atomic E-state index is 0.757. The second-order valence-electron chi connectivity index (χ2n) is 5.85. The van der Waals surface area contributed by atoms with Crippen molar-refractivity contribution in [1.82, 2.24) is 19.7 Å². The van der Waals surface area contributed by atoms with Crippen molar-refractivity contribution in [2.75, 3.05) is 25.7 Å². The van der Waals surface area contributed by atoms with Crippen LogP contribution in [-0.2, 0) is 20.0 Å². The summed E-state index contributed by atoms with van der Waals surface area (Å²) in [6, 6.07) is 4.13. The molecule has 0 saturated carbocycles. The smallest absolute Gasteiger partial charge is 0.163 e. The SMILES string of the molecule is COc1cc2c(cc1OC)CN(c1ncnc3c1cnn3C)CC2. The third-order valence-electron chi connectivity index (χ3n) is 4.53. The van der Waals surface area contributed by atoms with Gasteiger partial charge in [-0.3, -0.25) is 4.68 Å². The van der Waals surface area contributed by atoms with E-state index in [4.69, 9.17) is 9.47 Å². The van der Waals surface area contributed by atoms with Crippen LogP contribution in [0.25, 0.3) is 11.0 Å². The summed E-state index contributed by atoms with van der Waals surface area (Å²) in [4.78, 5) is 11.1. The van der Waals surface area contributed by atoms with Gasteiger partial charge < -0.3 is 14.4 Å². The number of aromatic nitrogens is 4. The maximum Gasteiger partial charge on any atom is 0.163 e. The molecule has 0 atom stereocenters. The number of ether oxygens (including phenoxy) is 2. The highest BCUT2D eigenvalue weighted by Gasteiger charge is 2.22. The minimum absolute atomic E-state index is 0.757. The average Bonchev–Trinajstić information content (AvgIpc) is 3.01. The monoisotopic (exact) mass is 325 g/mol. The van der Waals surface area contributed by atoms with Crippen LogP contribution in [0.15, 0.2) is 24.7 Å². The Balaban J connectivity index is 1.73. The number of hydrogen-bond acceptors (Lipinski definition) is 6. The molecule has 124 valence electrons. The van der Waals surface area contributed by atoms with E-state index in [1.807, 2.05) is 13.2 Å². The van der Waals surface area contributed by atoms with Gasteiger partial charge in [-0.15, -0.1) is 0 Å². The molecule has 7 heteroatoms. The lowest BCUT2D eigenvalue weighted by Gasteiger charge is -2.30. The molecule has 7 nitrogen and oxygen atoms in total. The Morgan fingerprint density at radius 1 is 1.04 bits per heavy atom. The first-order valence-corrected chi connectivity index (χ1v) is 7.82. The molecule has 0 bridgehead atoms. The van der Waals surface area contributed by atoms with Crippen molar-refractivity contribution in [3.63, 3.8) is 0 Å². The summed E-state index contributed by atoms with van der Waals surface area (Å²) in [6.45, 7) is 1.67. The molecule has 1 aliphatic heterocycles. The number of methoxy groups -OCH3 is 2. The van der Waals surface area contributed by atoms with Gasteiger partial charge in [-0.2, -0.15) is 5.10 Å². The van der Waals surface area contributed by atoms with Gasteiger partial charge in [-0.1, -0.05) is 0 Å². The molecule has 0 unspecified atom stereocenters. The zero-order valence-corrected chi connectivity index (χ0v) is 14.0. The van der Waals surface area contributed by atoms with Gasteiger partial charge in [0, 0.05) is 20.1 Å². The predicted molar refractivity (Wildman–Crippen MR) is 90.6 cm³/mol. The van der Waals surface area contributed by atoms with Gasteiger partial charge in [0.15, 0.2) is 17.1 Å². The fourth-order valence-corrected chi connectivity index (χ4v) is 3.27. The molecule has 3 heterocycles. The lowest BCUT2D eigenvalue weighted by Crippen LogP contribution is -2.31. The summed E-state index contributed by atoms with van der Waals surface area (Å²) in [5, 5.41) is 5.27. The highest BCUT2D eigenvalue weighted by atomic mass is 16.5. The van der Waals surface area contributed by atoms with E-state index < -0.39 is 0 Å². The molecule has 0 radical (unpaired) electrons. The third-order valence-corrected chi connectivity index (χ3v) is 4.53. The fraction of sp³-hybridized carbons (Fsp3) is 0.353. The predicted octanol–water partition coefficient (Wildman–Crippen LogP) is 1.94. The van der Waals surface area contributed by atoms with Gasteiger partial charge in [0.2, 0.25) is 0 Å². The van der Waals surface area contributed by atoms with Gasteiger partial charge in [-0.05, 0) is 29.7 Å². The molecule has 4 rings (SSSR count). The molecule has 0 N–H and O–H groups in total. The first-order chi connectivity index (χ1) is 11.7. The Bertz CT molecular complexity index is 905. The van der Waals surface area contributed by atoms with Crippen molar-refractivity contribution >= 4 is 16.9 Å². The van der Waals surface area contributed by atoms with E-state index in [1.165, 1.54) is 11.1 Å². The van der Waals surface area contributed by atoms with E-state index in [0.29, 0.717) is 0 Å².